The van der Waals surface area contributed by atoms with Crippen molar-refractivity contribution in [3.8, 4) is 5.75 Å². The lowest BCUT2D eigenvalue weighted by Crippen LogP contribution is -2.10. The zero-order valence-electron chi connectivity index (χ0n) is 12.5. The fourth-order valence-corrected chi connectivity index (χ4v) is 2.49. The van der Waals surface area contributed by atoms with Crippen molar-refractivity contribution in [2.75, 3.05) is 0 Å². The second-order valence-electron chi connectivity index (χ2n) is 5.33. The van der Waals surface area contributed by atoms with Crippen LogP contribution in [0.5, 0.6) is 5.75 Å². The number of aldehydes is 1. The van der Waals surface area contributed by atoms with Gasteiger partial charge in [-0.3, -0.25) is 4.79 Å². The number of rotatable bonds is 4. The number of benzene rings is 3. The molecular formula is C19H13F3O2. The standard InChI is InChI=1S/C19H13F3O2/c20-19(21,22)18-4-2-1-3-16(18)12-24-17-8-7-14-9-13(11-23)5-6-15(14)10-17/h1-11H,12H2. The molecule has 0 radical (unpaired) electrons. The van der Waals surface area contributed by atoms with Crippen LogP contribution in [0.2, 0.25) is 0 Å². The van der Waals surface area contributed by atoms with Crippen LogP contribution >= 0.6 is 0 Å². The molecule has 0 aliphatic heterocycles. The van der Waals surface area contributed by atoms with Gasteiger partial charge in [-0.05, 0) is 35.0 Å². The molecule has 0 aliphatic carbocycles. The number of alkyl halides is 3. The first-order chi connectivity index (χ1) is 11.5. The normalized spacial score (nSPS) is 11.5. The minimum absolute atomic E-state index is 0.0846. The van der Waals surface area contributed by atoms with Crippen LogP contribution < -0.4 is 4.74 Å². The number of carbonyl (C=O) groups excluding carboxylic acids is 1. The fourth-order valence-electron chi connectivity index (χ4n) is 2.49. The zero-order chi connectivity index (χ0) is 17.2. The van der Waals surface area contributed by atoms with Crippen LogP contribution in [0.15, 0.2) is 60.7 Å². The van der Waals surface area contributed by atoms with Crippen LogP contribution in [0.4, 0.5) is 13.2 Å². The molecule has 0 saturated carbocycles. The van der Waals surface area contributed by atoms with Gasteiger partial charge in [0.25, 0.3) is 0 Å². The number of halogens is 3. The van der Waals surface area contributed by atoms with Gasteiger partial charge < -0.3 is 4.74 Å². The molecule has 0 unspecified atom stereocenters. The monoisotopic (exact) mass is 330 g/mol. The lowest BCUT2D eigenvalue weighted by Gasteiger charge is -2.13. The Morgan fingerprint density at radius 2 is 1.62 bits per heavy atom. The van der Waals surface area contributed by atoms with E-state index < -0.39 is 11.7 Å². The van der Waals surface area contributed by atoms with Gasteiger partial charge in [0.2, 0.25) is 0 Å². The van der Waals surface area contributed by atoms with Gasteiger partial charge in [0.1, 0.15) is 18.6 Å². The van der Waals surface area contributed by atoms with Gasteiger partial charge in [0.05, 0.1) is 5.56 Å². The summed E-state index contributed by atoms with van der Waals surface area (Å²) in [4.78, 5) is 10.8. The van der Waals surface area contributed by atoms with Crippen molar-refractivity contribution in [1.29, 1.82) is 0 Å². The lowest BCUT2D eigenvalue weighted by atomic mass is 10.1. The Morgan fingerprint density at radius 1 is 0.917 bits per heavy atom. The minimum atomic E-state index is -4.41. The largest absolute Gasteiger partial charge is 0.489 e. The Kier molecular flexibility index (Phi) is 4.25. The van der Waals surface area contributed by atoms with E-state index in [0.29, 0.717) is 11.3 Å². The summed E-state index contributed by atoms with van der Waals surface area (Å²) in [6.45, 7) is -0.173. The molecule has 5 heteroatoms. The topological polar surface area (TPSA) is 26.3 Å². The van der Waals surface area contributed by atoms with Crippen molar-refractivity contribution in [3.05, 3.63) is 77.4 Å². The molecule has 24 heavy (non-hydrogen) atoms. The van der Waals surface area contributed by atoms with Crippen molar-refractivity contribution >= 4 is 17.1 Å². The second kappa shape index (κ2) is 6.35. The summed E-state index contributed by atoms with van der Waals surface area (Å²) in [6, 6.07) is 15.7. The zero-order valence-corrected chi connectivity index (χ0v) is 12.5. The number of hydrogen-bond donors (Lipinski definition) is 0. The Labute approximate surface area is 136 Å². The van der Waals surface area contributed by atoms with E-state index in [1.54, 1.807) is 42.5 Å². The number of fused-ring (bicyclic) bond motifs is 1. The van der Waals surface area contributed by atoms with Gasteiger partial charge in [0, 0.05) is 11.1 Å². The smallest absolute Gasteiger partial charge is 0.416 e. The molecule has 122 valence electrons. The van der Waals surface area contributed by atoms with E-state index in [1.165, 1.54) is 12.1 Å². The van der Waals surface area contributed by atoms with Crippen LogP contribution in [0, 0.1) is 0 Å². The first kappa shape index (κ1) is 16.1. The predicted octanol–water partition coefficient (Wildman–Crippen LogP) is 5.25. The van der Waals surface area contributed by atoms with Gasteiger partial charge in [-0.15, -0.1) is 0 Å². The third-order valence-corrected chi connectivity index (χ3v) is 3.69. The minimum Gasteiger partial charge on any atom is -0.489 e. The molecule has 3 aromatic rings. The summed E-state index contributed by atoms with van der Waals surface area (Å²) in [7, 11) is 0. The Hall–Kier alpha value is -2.82. The molecule has 2 nitrogen and oxygen atoms in total. The maximum absolute atomic E-state index is 13.0. The second-order valence-corrected chi connectivity index (χ2v) is 5.33. The molecule has 0 aromatic heterocycles. The van der Waals surface area contributed by atoms with Gasteiger partial charge in [-0.25, -0.2) is 0 Å². The molecule has 0 spiro atoms. The van der Waals surface area contributed by atoms with Crippen molar-refractivity contribution < 1.29 is 22.7 Å². The quantitative estimate of drug-likeness (QED) is 0.611. The van der Waals surface area contributed by atoms with Gasteiger partial charge in [-0.2, -0.15) is 13.2 Å². The van der Waals surface area contributed by atoms with Crippen LogP contribution in [0.25, 0.3) is 10.8 Å². The van der Waals surface area contributed by atoms with E-state index >= 15 is 0 Å². The highest BCUT2D eigenvalue weighted by molar-refractivity contribution is 5.89. The van der Waals surface area contributed by atoms with Crippen molar-refractivity contribution in [2.24, 2.45) is 0 Å². The summed E-state index contributed by atoms with van der Waals surface area (Å²) in [6.07, 6.45) is -3.65. The third-order valence-electron chi connectivity index (χ3n) is 3.69. The first-order valence-corrected chi connectivity index (χ1v) is 7.24. The fraction of sp³-hybridized carbons (Fsp3) is 0.105. The average Bonchev–Trinajstić information content (AvgIpc) is 2.58. The Morgan fingerprint density at radius 3 is 2.38 bits per heavy atom. The molecule has 0 fully saturated rings. The maximum Gasteiger partial charge on any atom is 0.416 e. The van der Waals surface area contributed by atoms with Crippen LogP contribution in [-0.2, 0) is 12.8 Å². The molecule has 0 atom stereocenters. The maximum atomic E-state index is 13.0. The van der Waals surface area contributed by atoms with Crippen LogP contribution in [-0.4, -0.2) is 6.29 Å². The van der Waals surface area contributed by atoms with Crippen LogP contribution in [0.3, 0.4) is 0 Å². The van der Waals surface area contributed by atoms with Crippen LogP contribution in [0.1, 0.15) is 21.5 Å². The van der Waals surface area contributed by atoms with E-state index in [-0.39, 0.29) is 12.2 Å². The molecular weight excluding hydrogens is 317 g/mol. The molecule has 0 amide bonds. The van der Waals surface area contributed by atoms with Crippen molar-refractivity contribution in [2.45, 2.75) is 12.8 Å². The number of carbonyl (C=O) groups is 1. The van der Waals surface area contributed by atoms with E-state index in [0.717, 1.165) is 23.1 Å². The summed E-state index contributed by atoms with van der Waals surface area (Å²) in [5.41, 5.74) is -0.0434. The highest BCUT2D eigenvalue weighted by atomic mass is 19.4. The molecule has 3 rings (SSSR count). The average molecular weight is 330 g/mol. The summed E-state index contributed by atoms with van der Waals surface area (Å²) in [5, 5.41) is 1.71. The van der Waals surface area contributed by atoms with Gasteiger partial charge in [0.15, 0.2) is 0 Å². The highest BCUT2D eigenvalue weighted by Crippen LogP contribution is 2.32. The van der Waals surface area contributed by atoms with Crippen molar-refractivity contribution in [1.82, 2.24) is 0 Å². The molecule has 0 saturated heterocycles. The number of hydrogen-bond acceptors (Lipinski definition) is 2. The summed E-state index contributed by atoms with van der Waals surface area (Å²) in [5.74, 6) is 0.471. The highest BCUT2D eigenvalue weighted by Gasteiger charge is 2.32. The molecule has 3 aromatic carbocycles. The predicted molar refractivity (Wildman–Crippen MR) is 85.1 cm³/mol. The Balaban J connectivity index is 1.83. The van der Waals surface area contributed by atoms with Gasteiger partial charge >= 0.3 is 6.18 Å². The van der Waals surface area contributed by atoms with Gasteiger partial charge in [-0.1, -0.05) is 36.4 Å². The van der Waals surface area contributed by atoms with E-state index in [9.17, 15) is 18.0 Å². The van der Waals surface area contributed by atoms with E-state index in [2.05, 4.69) is 0 Å². The molecule has 0 bridgehead atoms. The van der Waals surface area contributed by atoms with E-state index in [4.69, 9.17) is 4.74 Å². The molecule has 0 aliphatic rings. The molecule has 0 heterocycles. The van der Waals surface area contributed by atoms with Crippen molar-refractivity contribution in [3.63, 3.8) is 0 Å². The first-order valence-electron chi connectivity index (χ1n) is 7.24. The summed E-state index contributed by atoms with van der Waals surface area (Å²) >= 11 is 0. The SMILES string of the molecule is O=Cc1ccc2cc(OCc3ccccc3C(F)(F)F)ccc2c1. The molecule has 0 N–H and O–H groups in total. The number of ether oxygens (including phenoxy) is 1. The summed E-state index contributed by atoms with van der Waals surface area (Å²) < 4.78 is 44.4. The third kappa shape index (κ3) is 3.40. The van der Waals surface area contributed by atoms with E-state index in [1.807, 2.05) is 0 Å². The Bertz CT molecular complexity index is 885. The lowest BCUT2D eigenvalue weighted by molar-refractivity contribution is -0.138.